The van der Waals surface area contributed by atoms with Crippen molar-refractivity contribution in [3.05, 3.63) is 154 Å². The molecule has 0 saturated heterocycles. The summed E-state index contributed by atoms with van der Waals surface area (Å²) in [5.41, 5.74) is 0.548. The lowest BCUT2D eigenvalue weighted by molar-refractivity contribution is -0.162. The Kier molecular flexibility index (Phi) is 24.7. The number of phenols is 3. The number of carbonyl (C=O) groups is 6. The van der Waals surface area contributed by atoms with Gasteiger partial charge in [0.25, 0.3) is 0 Å². The zero-order valence-corrected chi connectivity index (χ0v) is 46.7. The standard InChI is InChI=1S/C18H24O5.C15H18O5.C14H16O5.C13H11BrO.CH4.B/c1-5-22-16(21)18(10-12-6-8-13(19)9-7-12)11-14(18)15(20)23-17(2,3)4;1-3-20-14(18)15(9-12(15)13(17)19-2)8-10-4-6-11(16)7-5-10;1-2-19-13(18)14(8-11(14)12(16)17)7-9-3-5-10(15)6-4-9;14-12-6-8-13(9-7-12)15-10-11-4-2-1-3-5-11;;/h6-9,14,19H,5,10-11H2,1-4H3;4-7,12,16H,3,8-9H2,1-2H3;3-6,11,15H,2,7-8H2,1H3,(H,16,17);1-9H,10H2;1H4;/t14?,18-;12?,15-;11?,14-;;;/m000.../s1. The van der Waals surface area contributed by atoms with Crippen molar-refractivity contribution in [3.8, 4) is 23.0 Å². The molecule has 0 aliphatic heterocycles. The van der Waals surface area contributed by atoms with Crippen molar-refractivity contribution in [2.45, 2.75) is 99.7 Å². The third-order valence-electron chi connectivity index (χ3n) is 13.2. The molecule has 4 N–H and O–H groups in total. The molecule has 5 aromatic rings. The maximum Gasteiger partial charge on any atom is 0.313 e. The number of methoxy groups -OCH3 is 1. The van der Waals surface area contributed by atoms with E-state index in [4.69, 9.17) is 33.5 Å². The number of hydrogen-bond donors (Lipinski definition) is 4. The molecule has 8 rings (SSSR count). The van der Waals surface area contributed by atoms with Crippen molar-refractivity contribution in [1.29, 1.82) is 0 Å². The van der Waals surface area contributed by atoms with Gasteiger partial charge in [0, 0.05) is 12.9 Å². The van der Waals surface area contributed by atoms with Gasteiger partial charge >= 0.3 is 35.8 Å². The Morgan fingerprint density at radius 3 is 1.22 bits per heavy atom. The number of hydrogen-bond acceptors (Lipinski definition) is 15. The van der Waals surface area contributed by atoms with Crippen LogP contribution in [0.4, 0.5) is 0 Å². The van der Waals surface area contributed by atoms with Crippen LogP contribution < -0.4 is 4.74 Å². The fourth-order valence-electron chi connectivity index (χ4n) is 8.88. The molecule has 0 heterocycles. The van der Waals surface area contributed by atoms with Crippen LogP contribution in [0.1, 0.15) is 90.5 Å². The minimum absolute atomic E-state index is 0. The predicted molar refractivity (Wildman–Crippen MR) is 300 cm³/mol. The molecule has 423 valence electrons. The largest absolute Gasteiger partial charge is 0.508 e. The third kappa shape index (κ3) is 18.6. The van der Waals surface area contributed by atoms with Gasteiger partial charge in [-0.05, 0) is 163 Å². The molecule has 3 unspecified atom stereocenters. The average molecular weight is 1150 g/mol. The van der Waals surface area contributed by atoms with E-state index < -0.39 is 51.5 Å². The van der Waals surface area contributed by atoms with Gasteiger partial charge in [-0.2, -0.15) is 0 Å². The Labute approximate surface area is 473 Å². The summed E-state index contributed by atoms with van der Waals surface area (Å²) in [6, 6.07) is 37.6. The van der Waals surface area contributed by atoms with Crippen molar-refractivity contribution in [2.75, 3.05) is 26.9 Å². The molecule has 3 saturated carbocycles. The topological polar surface area (TPSA) is 239 Å². The second kappa shape index (κ2) is 29.6. The highest BCUT2D eigenvalue weighted by molar-refractivity contribution is 9.10. The van der Waals surface area contributed by atoms with Gasteiger partial charge in [0.15, 0.2) is 0 Å². The molecule has 3 aliphatic carbocycles. The summed E-state index contributed by atoms with van der Waals surface area (Å²) < 4.78 is 32.1. The Hall–Kier alpha value is -7.34. The van der Waals surface area contributed by atoms with E-state index >= 15 is 0 Å². The maximum absolute atomic E-state index is 12.4. The highest BCUT2D eigenvalue weighted by atomic mass is 79.9. The summed E-state index contributed by atoms with van der Waals surface area (Å²) in [5.74, 6) is -3.11. The quantitative estimate of drug-likeness (QED) is 0.0362. The lowest BCUT2D eigenvalue weighted by Gasteiger charge is -2.21. The zero-order chi connectivity index (χ0) is 56.6. The van der Waals surface area contributed by atoms with Crippen molar-refractivity contribution in [3.63, 3.8) is 0 Å². The third-order valence-corrected chi connectivity index (χ3v) is 13.7. The fraction of sp³-hybridized carbons (Fsp3) is 0.410. The average Bonchev–Trinajstić information content (AvgIpc) is 4.55. The minimum Gasteiger partial charge on any atom is -0.508 e. The number of aliphatic carboxylic acids is 1. The monoisotopic (exact) mass is 1150 g/mol. The minimum atomic E-state index is -0.966. The van der Waals surface area contributed by atoms with Gasteiger partial charge in [-0.1, -0.05) is 90.1 Å². The molecule has 5 aromatic carbocycles. The van der Waals surface area contributed by atoms with E-state index in [2.05, 4.69) is 28.1 Å². The molecule has 0 spiro atoms. The van der Waals surface area contributed by atoms with Gasteiger partial charge in [0.05, 0.1) is 60.9 Å². The molecule has 3 radical (unpaired) electrons. The predicted octanol–water partition coefficient (Wildman–Crippen LogP) is 10.4. The van der Waals surface area contributed by atoms with Crippen molar-refractivity contribution in [1.82, 2.24) is 0 Å². The van der Waals surface area contributed by atoms with E-state index in [-0.39, 0.29) is 76.8 Å². The molecular weight excluding hydrogens is 1080 g/mol. The van der Waals surface area contributed by atoms with E-state index in [1.807, 2.05) is 42.5 Å². The van der Waals surface area contributed by atoms with Crippen molar-refractivity contribution < 1.29 is 77.6 Å². The number of halogens is 1. The number of aromatic hydroxyl groups is 3. The van der Waals surface area contributed by atoms with E-state index in [1.54, 1.807) is 102 Å². The SMILES string of the molecule is Brc1ccc(OCc2ccccc2)cc1.C.CCOC(=O)[C@@]1(Cc2ccc(O)cc2)CC1C(=O)O.CCOC(=O)[C@@]1(Cc2ccc(O)cc2)CC1C(=O)OC.CCOC(=O)[C@@]1(Cc2ccc(O)cc2)CC1C(=O)OC(C)(C)C.[B]. The number of carboxylic acids is 1. The smallest absolute Gasteiger partial charge is 0.313 e. The Morgan fingerprint density at radius 1 is 0.532 bits per heavy atom. The number of carbonyl (C=O) groups excluding carboxylic acids is 5. The number of rotatable bonds is 18. The van der Waals surface area contributed by atoms with Gasteiger partial charge in [0.1, 0.15) is 35.2 Å². The first-order valence-corrected chi connectivity index (χ1v) is 26.2. The molecule has 6 atom stereocenters. The second-order valence-corrected chi connectivity index (χ2v) is 21.0. The van der Waals surface area contributed by atoms with Crippen LogP contribution in [0.2, 0.25) is 0 Å². The molecule has 3 fully saturated rings. The normalized spacial score (nSPS) is 20.7. The number of carboxylic acid groups (broad SMARTS) is 1. The molecule has 3 aliphatic rings. The molecule has 0 aromatic heterocycles. The van der Waals surface area contributed by atoms with Crippen LogP contribution in [0.15, 0.2) is 132 Å². The summed E-state index contributed by atoms with van der Waals surface area (Å²) in [6.45, 7) is 12.0. The van der Waals surface area contributed by atoms with E-state index in [1.165, 1.54) is 24.8 Å². The van der Waals surface area contributed by atoms with Crippen LogP contribution in [0.3, 0.4) is 0 Å². The van der Waals surface area contributed by atoms with Crippen LogP contribution in [-0.2, 0) is 78.3 Å². The highest BCUT2D eigenvalue weighted by Gasteiger charge is 2.67. The summed E-state index contributed by atoms with van der Waals surface area (Å²) in [5, 5.41) is 36.9. The summed E-state index contributed by atoms with van der Waals surface area (Å²) in [6.07, 6.45) is 2.31. The highest BCUT2D eigenvalue weighted by Crippen LogP contribution is 2.58. The summed E-state index contributed by atoms with van der Waals surface area (Å²) in [7, 11) is 1.32. The lowest BCUT2D eigenvalue weighted by Crippen LogP contribution is -2.30. The molecule has 79 heavy (non-hydrogen) atoms. The molecule has 18 heteroatoms. The molecule has 0 bridgehead atoms. The van der Waals surface area contributed by atoms with E-state index in [9.17, 15) is 44.1 Å². The van der Waals surface area contributed by atoms with Gasteiger partial charge in [-0.3, -0.25) is 28.8 Å². The number of esters is 5. The second-order valence-electron chi connectivity index (χ2n) is 20.1. The summed E-state index contributed by atoms with van der Waals surface area (Å²) >= 11 is 3.39. The number of phenolic OH excluding ortho intramolecular Hbond substituents is 3. The Balaban J connectivity index is 0.000000277. The van der Waals surface area contributed by atoms with Gasteiger partial charge in [0.2, 0.25) is 0 Å². The van der Waals surface area contributed by atoms with Gasteiger partial charge in [-0.15, -0.1) is 0 Å². The number of benzene rings is 5. The van der Waals surface area contributed by atoms with Crippen LogP contribution in [0, 0.1) is 34.0 Å². The van der Waals surface area contributed by atoms with Crippen LogP contribution in [0.25, 0.3) is 0 Å². The van der Waals surface area contributed by atoms with Gasteiger partial charge < -0.3 is 48.8 Å². The summed E-state index contributed by atoms with van der Waals surface area (Å²) in [4.78, 5) is 71.6. The van der Waals surface area contributed by atoms with Gasteiger partial charge in [-0.25, -0.2) is 0 Å². The Bertz CT molecular complexity index is 2770. The molecule has 16 nitrogen and oxygen atoms in total. The van der Waals surface area contributed by atoms with Crippen LogP contribution in [-0.4, -0.2) is 97.2 Å². The van der Waals surface area contributed by atoms with Crippen molar-refractivity contribution in [2.24, 2.45) is 34.0 Å². The first-order valence-electron chi connectivity index (χ1n) is 25.4. The van der Waals surface area contributed by atoms with E-state index in [0.717, 1.165) is 26.9 Å². The zero-order valence-electron chi connectivity index (χ0n) is 45.1. The first-order chi connectivity index (χ1) is 36.5. The van der Waals surface area contributed by atoms with E-state index in [0.29, 0.717) is 45.1 Å². The van der Waals surface area contributed by atoms with Crippen LogP contribution >= 0.6 is 15.9 Å². The fourth-order valence-corrected chi connectivity index (χ4v) is 9.15. The molecular formula is C61H73BBrO16. The maximum atomic E-state index is 12.4. The first kappa shape index (κ1) is 65.9. The number of ether oxygens (including phenoxy) is 6. The Morgan fingerprint density at radius 2 is 0.886 bits per heavy atom. The van der Waals surface area contributed by atoms with Crippen LogP contribution in [0.5, 0.6) is 23.0 Å². The van der Waals surface area contributed by atoms with Crippen molar-refractivity contribution >= 4 is 60.2 Å². The lowest BCUT2D eigenvalue weighted by atomic mass is 9.93. The molecule has 0 amide bonds.